The summed E-state index contributed by atoms with van der Waals surface area (Å²) in [5, 5.41) is 2.98. The van der Waals surface area contributed by atoms with Crippen LogP contribution in [0.5, 0.6) is 0 Å². The summed E-state index contributed by atoms with van der Waals surface area (Å²) in [7, 11) is 0. The Hall–Kier alpha value is -0.640. The number of thiocarbonyl (C=S) groups is 1. The molecule has 3 atom stereocenters. The van der Waals surface area contributed by atoms with Crippen molar-refractivity contribution in [2.75, 3.05) is 0 Å². The molecule has 0 radical (unpaired) electrons. The molecule has 1 fully saturated rings. The van der Waals surface area contributed by atoms with Crippen LogP contribution in [0.2, 0.25) is 0 Å². The first kappa shape index (κ1) is 11.4. The molecule has 0 bridgehead atoms. The van der Waals surface area contributed by atoms with E-state index < -0.39 is 0 Å². The fourth-order valence-corrected chi connectivity index (χ4v) is 1.74. The molecule has 80 valence electrons. The molecular formula is C10H18N2OS. The molecule has 0 aromatic heterocycles. The number of carbonyl (C=O) groups is 1. The van der Waals surface area contributed by atoms with Crippen LogP contribution < -0.4 is 11.1 Å². The Morgan fingerprint density at radius 3 is 2.64 bits per heavy atom. The van der Waals surface area contributed by atoms with Gasteiger partial charge in [0.1, 0.15) is 0 Å². The quantitative estimate of drug-likeness (QED) is 0.676. The standard InChI is InChI=1S/C10H18N2OS/c1-3-7(5-9(11)14)12-10(13)8-4-6(8)2/h6-8H,3-5H2,1-2H3,(H2,11,14)(H,12,13). The van der Waals surface area contributed by atoms with Crippen molar-refractivity contribution in [1.82, 2.24) is 5.32 Å². The van der Waals surface area contributed by atoms with Crippen molar-refractivity contribution in [2.24, 2.45) is 17.6 Å². The maximum atomic E-state index is 11.6. The molecule has 1 amide bonds. The van der Waals surface area contributed by atoms with Gasteiger partial charge < -0.3 is 11.1 Å². The van der Waals surface area contributed by atoms with Crippen molar-refractivity contribution in [3.63, 3.8) is 0 Å². The summed E-state index contributed by atoms with van der Waals surface area (Å²) in [5.74, 6) is 0.952. The van der Waals surface area contributed by atoms with Gasteiger partial charge in [0.2, 0.25) is 5.91 Å². The zero-order chi connectivity index (χ0) is 10.7. The van der Waals surface area contributed by atoms with Gasteiger partial charge in [0, 0.05) is 18.4 Å². The molecule has 0 aromatic carbocycles. The maximum Gasteiger partial charge on any atom is 0.223 e. The Morgan fingerprint density at radius 1 is 1.71 bits per heavy atom. The van der Waals surface area contributed by atoms with Crippen molar-refractivity contribution in [1.29, 1.82) is 0 Å². The second-order valence-electron chi connectivity index (χ2n) is 4.10. The number of hydrogen-bond acceptors (Lipinski definition) is 2. The SMILES string of the molecule is CCC(CC(N)=S)NC(=O)C1CC1C. The van der Waals surface area contributed by atoms with Gasteiger partial charge in [-0.3, -0.25) is 4.79 Å². The van der Waals surface area contributed by atoms with Crippen molar-refractivity contribution in [2.45, 2.75) is 39.2 Å². The predicted molar refractivity (Wildman–Crippen MR) is 60.9 cm³/mol. The van der Waals surface area contributed by atoms with Crippen LogP contribution in [0.3, 0.4) is 0 Å². The van der Waals surface area contributed by atoms with Gasteiger partial charge in [0.15, 0.2) is 0 Å². The molecule has 0 heterocycles. The van der Waals surface area contributed by atoms with Crippen LogP contribution >= 0.6 is 12.2 Å². The number of nitrogens with two attached hydrogens (primary N) is 1. The van der Waals surface area contributed by atoms with E-state index in [1.165, 1.54) is 0 Å². The second kappa shape index (κ2) is 4.73. The molecule has 14 heavy (non-hydrogen) atoms. The molecule has 1 saturated carbocycles. The van der Waals surface area contributed by atoms with Crippen LogP contribution in [-0.2, 0) is 4.79 Å². The first-order valence-corrected chi connectivity index (χ1v) is 5.54. The molecule has 0 saturated heterocycles. The molecule has 1 aliphatic rings. The van der Waals surface area contributed by atoms with E-state index >= 15 is 0 Å². The van der Waals surface area contributed by atoms with E-state index in [1.54, 1.807) is 0 Å². The second-order valence-corrected chi connectivity index (χ2v) is 4.63. The lowest BCUT2D eigenvalue weighted by atomic mass is 10.1. The van der Waals surface area contributed by atoms with Crippen LogP contribution in [0.4, 0.5) is 0 Å². The first-order chi connectivity index (χ1) is 6.54. The van der Waals surface area contributed by atoms with Gasteiger partial charge >= 0.3 is 0 Å². The molecule has 3 nitrogen and oxygen atoms in total. The van der Waals surface area contributed by atoms with Gasteiger partial charge in [-0.25, -0.2) is 0 Å². The predicted octanol–water partition coefficient (Wildman–Crippen LogP) is 1.21. The highest BCUT2D eigenvalue weighted by Gasteiger charge is 2.39. The summed E-state index contributed by atoms with van der Waals surface area (Å²) in [6, 6.07) is 0.118. The molecule has 0 spiro atoms. The van der Waals surface area contributed by atoms with Crippen LogP contribution in [0.1, 0.15) is 33.1 Å². The average Bonchev–Trinajstić information content (AvgIpc) is 2.80. The third kappa shape index (κ3) is 3.25. The van der Waals surface area contributed by atoms with E-state index in [0.29, 0.717) is 17.3 Å². The Kier molecular flexibility index (Phi) is 3.86. The number of carbonyl (C=O) groups excluding carboxylic acids is 1. The van der Waals surface area contributed by atoms with E-state index in [-0.39, 0.29) is 17.9 Å². The van der Waals surface area contributed by atoms with Gasteiger partial charge in [-0.1, -0.05) is 26.1 Å². The van der Waals surface area contributed by atoms with Gasteiger partial charge in [-0.2, -0.15) is 0 Å². The molecule has 0 aromatic rings. The summed E-state index contributed by atoms with van der Waals surface area (Å²) in [4.78, 5) is 12.0. The molecule has 1 rings (SSSR count). The lowest BCUT2D eigenvalue weighted by Crippen LogP contribution is -2.38. The fraction of sp³-hybridized carbons (Fsp3) is 0.800. The molecular weight excluding hydrogens is 196 g/mol. The van der Waals surface area contributed by atoms with Crippen LogP contribution in [0, 0.1) is 11.8 Å². The van der Waals surface area contributed by atoms with E-state index in [9.17, 15) is 4.79 Å². The molecule has 3 unspecified atom stereocenters. The van der Waals surface area contributed by atoms with Crippen LogP contribution in [0.15, 0.2) is 0 Å². The highest BCUT2D eigenvalue weighted by atomic mass is 32.1. The zero-order valence-electron chi connectivity index (χ0n) is 8.75. The highest BCUT2D eigenvalue weighted by molar-refractivity contribution is 7.80. The largest absolute Gasteiger partial charge is 0.393 e. The molecule has 1 aliphatic carbocycles. The lowest BCUT2D eigenvalue weighted by Gasteiger charge is -2.15. The Bertz CT molecular complexity index is 242. The van der Waals surface area contributed by atoms with Gasteiger partial charge in [0.05, 0.1) is 4.99 Å². The van der Waals surface area contributed by atoms with Crippen molar-refractivity contribution < 1.29 is 4.79 Å². The van der Waals surface area contributed by atoms with Gasteiger partial charge in [0.25, 0.3) is 0 Å². The number of nitrogens with one attached hydrogen (secondary N) is 1. The Balaban J connectivity index is 2.32. The lowest BCUT2D eigenvalue weighted by molar-refractivity contribution is -0.123. The van der Waals surface area contributed by atoms with Crippen LogP contribution in [-0.4, -0.2) is 16.9 Å². The zero-order valence-corrected chi connectivity index (χ0v) is 9.56. The van der Waals surface area contributed by atoms with E-state index in [0.717, 1.165) is 12.8 Å². The molecule has 3 N–H and O–H groups in total. The Labute approximate surface area is 90.4 Å². The minimum Gasteiger partial charge on any atom is -0.393 e. The number of amides is 1. The highest BCUT2D eigenvalue weighted by Crippen LogP contribution is 2.37. The van der Waals surface area contributed by atoms with E-state index in [1.807, 2.05) is 6.92 Å². The molecule has 0 aliphatic heterocycles. The summed E-state index contributed by atoms with van der Waals surface area (Å²) < 4.78 is 0. The van der Waals surface area contributed by atoms with Gasteiger partial charge in [-0.15, -0.1) is 0 Å². The third-order valence-electron chi connectivity index (χ3n) is 2.73. The van der Waals surface area contributed by atoms with Crippen LogP contribution in [0.25, 0.3) is 0 Å². The summed E-state index contributed by atoms with van der Waals surface area (Å²) in [5.41, 5.74) is 5.44. The summed E-state index contributed by atoms with van der Waals surface area (Å²) >= 11 is 4.82. The third-order valence-corrected chi connectivity index (χ3v) is 2.90. The monoisotopic (exact) mass is 214 g/mol. The average molecular weight is 214 g/mol. The smallest absolute Gasteiger partial charge is 0.223 e. The van der Waals surface area contributed by atoms with E-state index in [2.05, 4.69) is 12.2 Å². The van der Waals surface area contributed by atoms with Crippen molar-refractivity contribution in [3.05, 3.63) is 0 Å². The summed E-state index contributed by atoms with van der Waals surface area (Å²) in [6.45, 7) is 4.12. The first-order valence-electron chi connectivity index (χ1n) is 5.13. The number of rotatable bonds is 5. The fourth-order valence-electron chi connectivity index (χ4n) is 1.54. The van der Waals surface area contributed by atoms with E-state index in [4.69, 9.17) is 18.0 Å². The van der Waals surface area contributed by atoms with Gasteiger partial charge in [-0.05, 0) is 18.8 Å². The minimum absolute atomic E-state index is 0.118. The number of hydrogen-bond donors (Lipinski definition) is 2. The Morgan fingerprint density at radius 2 is 2.29 bits per heavy atom. The van der Waals surface area contributed by atoms with Crippen molar-refractivity contribution in [3.8, 4) is 0 Å². The van der Waals surface area contributed by atoms with Crippen molar-refractivity contribution >= 4 is 23.1 Å². The molecule has 4 heteroatoms. The summed E-state index contributed by atoms with van der Waals surface area (Å²) in [6.07, 6.45) is 2.51. The normalized spacial score (nSPS) is 26.7. The topological polar surface area (TPSA) is 55.1 Å². The minimum atomic E-state index is 0.118. The maximum absolute atomic E-state index is 11.6.